The number of methoxy groups -OCH3 is 1. The van der Waals surface area contributed by atoms with Gasteiger partial charge in [-0.1, -0.05) is 12.1 Å². The van der Waals surface area contributed by atoms with Gasteiger partial charge in [-0.3, -0.25) is 4.79 Å². The largest absolute Gasteiger partial charge is 0.490 e. The summed E-state index contributed by atoms with van der Waals surface area (Å²) in [6, 6.07) is 8.59. The molecule has 0 fully saturated rings. The van der Waals surface area contributed by atoms with Crippen LogP contribution in [0.25, 0.3) is 6.08 Å². The Labute approximate surface area is 162 Å². The molecule has 3 N–H and O–H groups in total. The third-order valence-electron chi connectivity index (χ3n) is 3.51. The molecule has 0 aliphatic heterocycles. The van der Waals surface area contributed by atoms with Crippen molar-refractivity contribution in [1.29, 1.82) is 0 Å². The fourth-order valence-electron chi connectivity index (χ4n) is 2.22. The molecule has 0 aliphatic rings. The topological polar surface area (TPSA) is 108 Å². The minimum absolute atomic E-state index is 0.0833. The number of primary sulfonamides is 1. The molecule has 2 aromatic rings. The summed E-state index contributed by atoms with van der Waals surface area (Å²) in [5.74, 6) is -0.0317. The summed E-state index contributed by atoms with van der Waals surface area (Å²) in [6.45, 7) is 0.906. The molecule has 0 unspecified atom stereocenters. The molecule has 0 spiro atoms. The van der Waals surface area contributed by atoms with Crippen LogP contribution in [0.4, 0.5) is 0 Å². The van der Waals surface area contributed by atoms with E-state index < -0.39 is 10.0 Å². The van der Waals surface area contributed by atoms with Gasteiger partial charge in [0.15, 0.2) is 0 Å². The Bertz CT molecular complexity index is 877. The number of thiophene rings is 1. The number of amides is 1. The van der Waals surface area contributed by atoms with Gasteiger partial charge in [-0.25, -0.2) is 13.6 Å². The van der Waals surface area contributed by atoms with Gasteiger partial charge >= 0.3 is 0 Å². The van der Waals surface area contributed by atoms with Crippen LogP contribution in [0.5, 0.6) is 5.75 Å². The summed E-state index contributed by atoms with van der Waals surface area (Å²) in [5, 5.41) is 9.97. The van der Waals surface area contributed by atoms with E-state index in [1.165, 1.54) is 19.3 Å². The number of rotatable bonds is 10. The summed E-state index contributed by atoms with van der Waals surface area (Å²) in [4.78, 5) is 12.7. The maximum atomic E-state index is 11.8. The number of benzene rings is 1. The highest BCUT2D eigenvalue weighted by molar-refractivity contribution is 7.89. The van der Waals surface area contributed by atoms with Crippen LogP contribution in [0.3, 0.4) is 0 Å². The summed E-state index contributed by atoms with van der Waals surface area (Å²) in [6.07, 6.45) is 3.67. The van der Waals surface area contributed by atoms with Crippen molar-refractivity contribution in [3.05, 3.63) is 52.2 Å². The smallest absolute Gasteiger partial charge is 0.244 e. The van der Waals surface area contributed by atoms with Gasteiger partial charge in [0.25, 0.3) is 0 Å². The molecule has 146 valence electrons. The summed E-state index contributed by atoms with van der Waals surface area (Å²) in [7, 11) is -2.41. The van der Waals surface area contributed by atoms with Crippen molar-refractivity contribution >= 4 is 33.3 Å². The van der Waals surface area contributed by atoms with E-state index in [2.05, 4.69) is 5.32 Å². The molecular weight excluding hydrogens is 388 g/mol. The lowest BCUT2D eigenvalue weighted by atomic mass is 10.1. The minimum Gasteiger partial charge on any atom is -0.490 e. The van der Waals surface area contributed by atoms with E-state index in [9.17, 15) is 13.2 Å². The Balaban J connectivity index is 1.94. The minimum atomic E-state index is -3.93. The molecule has 0 radical (unpaired) electrons. The Morgan fingerprint density at radius 2 is 2.11 bits per heavy atom. The van der Waals surface area contributed by atoms with E-state index in [1.54, 1.807) is 29.5 Å². The number of carbonyl (C=O) groups is 1. The van der Waals surface area contributed by atoms with Crippen LogP contribution in [-0.4, -0.2) is 41.2 Å². The Morgan fingerprint density at radius 3 is 2.78 bits per heavy atom. The van der Waals surface area contributed by atoms with Crippen LogP contribution in [0.1, 0.15) is 10.4 Å². The van der Waals surface area contributed by atoms with Crippen molar-refractivity contribution in [3.8, 4) is 5.75 Å². The molecule has 1 aromatic heterocycles. The third-order valence-corrected chi connectivity index (χ3v) is 5.28. The molecule has 2 rings (SSSR count). The van der Waals surface area contributed by atoms with Crippen LogP contribution in [-0.2, 0) is 26.0 Å². The number of nitrogens with two attached hydrogens (primary N) is 1. The number of ether oxygens (including phenoxy) is 2. The summed E-state index contributed by atoms with van der Waals surface area (Å²) in [5.41, 5.74) is 0.723. The zero-order chi connectivity index (χ0) is 19.7. The van der Waals surface area contributed by atoms with Gasteiger partial charge in [0.2, 0.25) is 15.9 Å². The van der Waals surface area contributed by atoms with Crippen molar-refractivity contribution in [2.24, 2.45) is 5.14 Å². The van der Waals surface area contributed by atoms with E-state index in [-0.39, 0.29) is 23.2 Å². The zero-order valence-electron chi connectivity index (χ0n) is 14.9. The first-order chi connectivity index (χ1) is 12.9. The average Bonchev–Trinajstić information content (AvgIpc) is 3.14. The second-order valence-electron chi connectivity index (χ2n) is 5.56. The summed E-state index contributed by atoms with van der Waals surface area (Å²) >= 11 is 1.54. The fourth-order valence-corrected chi connectivity index (χ4v) is 3.56. The van der Waals surface area contributed by atoms with E-state index >= 15 is 0 Å². The predicted molar refractivity (Wildman–Crippen MR) is 105 cm³/mol. The normalized spacial score (nSPS) is 11.6. The van der Waals surface area contributed by atoms with Gasteiger partial charge in [0, 0.05) is 24.6 Å². The monoisotopic (exact) mass is 410 g/mol. The van der Waals surface area contributed by atoms with Crippen LogP contribution >= 0.6 is 11.3 Å². The van der Waals surface area contributed by atoms with Crippen LogP contribution < -0.4 is 15.2 Å². The number of sulfonamides is 1. The molecule has 1 amide bonds. The molecule has 0 saturated heterocycles. The van der Waals surface area contributed by atoms with E-state index in [0.29, 0.717) is 19.6 Å². The Morgan fingerprint density at radius 1 is 1.30 bits per heavy atom. The maximum Gasteiger partial charge on any atom is 0.244 e. The van der Waals surface area contributed by atoms with Crippen LogP contribution in [0, 0.1) is 0 Å². The first-order valence-electron chi connectivity index (χ1n) is 8.17. The maximum absolute atomic E-state index is 11.8. The molecule has 0 saturated carbocycles. The zero-order valence-corrected chi connectivity index (χ0v) is 16.5. The van der Waals surface area contributed by atoms with Gasteiger partial charge < -0.3 is 14.8 Å². The van der Waals surface area contributed by atoms with Crippen molar-refractivity contribution in [2.45, 2.75) is 11.3 Å². The van der Waals surface area contributed by atoms with Gasteiger partial charge in [0.1, 0.15) is 17.3 Å². The third kappa shape index (κ3) is 7.14. The Kier molecular flexibility index (Phi) is 7.99. The van der Waals surface area contributed by atoms with Gasteiger partial charge in [-0.2, -0.15) is 0 Å². The van der Waals surface area contributed by atoms with E-state index in [1.807, 2.05) is 17.5 Å². The predicted octanol–water partition coefficient (Wildman–Crippen LogP) is 1.79. The molecule has 27 heavy (non-hydrogen) atoms. The number of hydrogen-bond donors (Lipinski definition) is 2. The highest BCUT2D eigenvalue weighted by Crippen LogP contribution is 2.24. The van der Waals surface area contributed by atoms with Crippen molar-refractivity contribution in [2.75, 3.05) is 26.9 Å². The molecular formula is C18H22N2O5S2. The standard InChI is InChI=1S/C18H22N2O5S2/c1-24-10-11-25-16-6-4-14(13-17(16)27(19,22)23)8-9-20-18(21)7-5-15-3-2-12-26-15/h2-7,12-13H,8-11H2,1H3,(H,20,21)(H2,19,22,23)/b7-5+. The van der Waals surface area contributed by atoms with Gasteiger partial charge in [-0.15, -0.1) is 11.3 Å². The quantitative estimate of drug-likeness (QED) is 0.459. The highest BCUT2D eigenvalue weighted by Gasteiger charge is 2.16. The lowest BCUT2D eigenvalue weighted by Crippen LogP contribution is -2.23. The van der Waals surface area contributed by atoms with Crippen molar-refractivity contribution < 1.29 is 22.7 Å². The molecule has 0 bridgehead atoms. The Hall–Kier alpha value is -2.20. The highest BCUT2D eigenvalue weighted by atomic mass is 32.2. The lowest BCUT2D eigenvalue weighted by Gasteiger charge is -2.12. The van der Waals surface area contributed by atoms with Crippen molar-refractivity contribution in [1.82, 2.24) is 5.32 Å². The first-order valence-corrected chi connectivity index (χ1v) is 10.6. The fraction of sp³-hybridized carbons (Fsp3) is 0.278. The average molecular weight is 411 g/mol. The second-order valence-corrected chi connectivity index (χ2v) is 8.07. The van der Waals surface area contributed by atoms with Gasteiger partial charge in [-0.05, 0) is 41.6 Å². The second kappa shape index (κ2) is 10.2. The molecule has 0 atom stereocenters. The molecule has 1 heterocycles. The van der Waals surface area contributed by atoms with Crippen molar-refractivity contribution in [3.63, 3.8) is 0 Å². The molecule has 1 aromatic carbocycles. The van der Waals surface area contributed by atoms with Gasteiger partial charge in [0.05, 0.1) is 6.61 Å². The van der Waals surface area contributed by atoms with E-state index in [4.69, 9.17) is 14.6 Å². The first kappa shape index (κ1) is 21.1. The number of carbonyl (C=O) groups excluding carboxylic acids is 1. The molecule has 9 heteroatoms. The molecule has 0 aliphatic carbocycles. The molecule has 7 nitrogen and oxygen atoms in total. The number of nitrogens with one attached hydrogen (secondary N) is 1. The lowest BCUT2D eigenvalue weighted by molar-refractivity contribution is -0.116. The number of hydrogen-bond acceptors (Lipinski definition) is 6. The van der Waals surface area contributed by atoms with Crippen LogP contribution in [0.15, 0.2) is 46.7 Å². The van der Waals surface area contributed by atoms with Crippen LogP contribution in [0.2, 0.25) is 0 Å². The SMILES string of the molecule is COCCOc1ccc(CCNC(=O)/C=C/c2cccs2)cc1S(N)(=O)=O. The summed E-state index contributed by atoms with van der Waals surface area (Å²) < 4.78 is 33.9. The van der Waals surface area contributed by atoms with E-state index in [0.717, 1.165) is 10.4 Å².